The highest BCUT2D eigenvalue weighted by Gasteiger charge is 2.35. The Morgan fingerprint density at radius 2 is 1.64 bits per heavy atom. The molecule has 1 aliphatic rings. The predicted molar refractivity (Wildman–Crippen MR) is 116 cm³/mol. The van der Waals surface area contributed by atoms with Crippen molar-refractivity contribution in [2.45, 2.75) is 30.8 Å². The molecule has 0 aliphatic carbocycles. The Kier molecular flexibility index (Phi) is 7.60. The first kappa shape index (κ1) is 24.5. The lowest BCUT2D eigenvalue weighted by Gasteiger charge is -2.31. The van der Waals surface area contributed by atoms with Crippen LogP contribution in [0.25, 0.3) is 0 Å². The van der Waals surface area contributed by atoms with Crippen molar-refractivity contribution in [3.8, 4) is 0 Å². The van der Waals surface area contributed by atoms with E-state index in [1.165, 1.54) is 48.7 Å². The average Bonchev–Trinajstić information content (AvgIpc) is 2.83. The number of nitrogens with zero attached hydrogens (tertiary/aromatic N) is 1. The van der Waals surface area contributed by atoms with Gasteiger partial charge in [-0.25, -0.2) is 17.6 Å². The Labute approximate surface area is 191 Å². The van der Waals surface area contributed by atoms with E-state index >= 15 is 0 Å². The molecular formula is C23H24FNO7S. The van der Waals surface area contributed by atoms with Crippen molar-refractivity contribution in [1.82, 2.24) is 4.31 Å². The van der Waals surface area contributed by atoms with Crippen LogP contribution in [0.1, 0.15) is 40.5 Å². The van der Waals surface area contributed by atoms with E-state index < -0.39 is 45.6 Å². The molecule has 33 heavy (non-hydrogen) atoms. The summed E-state index contributed by atoms with van der Waals surface area (Å²) in [6.45, 7) is 1.54. The molecule has 3 rings (SSSR count). The molecule has 0 N–H and O–H groups in total. The molecule has 1 heterocycles. The van der Waals surface area contributed by atoms with Gasteiger partial charge in [0.15, 0.2) is 6.10 Å². The number of ether oxygens (including phenoxy) is 2. The fraction of sp³-hybridized carbons (Fsp3) is 0.348. The molecule has 8 nitrogen and oxygen atoms in total. The number of Topliss-reactive ketones (excluding diaryl/α,β-unsaturated/α-hetero) is 1. The molecule has 0 aromatic heterocycles. The summed E-state index contributed by atoms with van der Waals surface area (Å²) in [6.07, 6.45) is -0.650. The van der Waals surface area contributed by atoms with E-state index in [0.717, 1.165) is 12.1 Å². The third-order valence-corrected chi connectivity index (χ3v) is 7.45. The molecule has 1 atom stereocenters. The molecule has 0 amide bonds. The number of hydrogen-bond acceptors (Lipinski definition) is 7. The van der Waals surface area contributed by atoms with Crippen LogP contribution in [0.5, 0.6) is 0 Å². The number of carbonyl (C=O) groups excluding carboxylic acids is 3. The van der Waals surface area contributed by atoms with Crippen LogP contribution in [0.2, 0.25) is 0 Å². The van der Waals surface area contributed by atoms with Gasteiger partial charge in [-0.1, -0.05) is 12.1 Å². The molecule has 1 fully saturated rings. The molecule has 0 spiro atoms. The first-order chi connectivity index (χ1) is 15.6. The molecule has 176 valence electrons. The van der Waals surface area contributed by atoms with Gasteiger partial charge in [-0.2, -0.15) is 4.31 Å². The van der Waals surface area contributed by atoms with Gasteiger partial charge in [0.1, 0.15) is 5.82 Å². The lowest BCUT2D eigenvalue weighted by molar-refractivity contribution is -0.152. The molecule has 1 saturated heterocycles. The summed E-state index contributed by atoms with van der Waals surface area (Å²) in [7, 11) is -2.81. The van der Waals surface area contributed by atoms with Crippen LogP contribution in [0.15, 0.2) is 53.4 Å². The minimum atomic E-state index is -3.98. The number of rotatable bonds is 7. The number of esters is 2. The standard InChI is InChI=1S/C23H24FNO7S/c1-15(21(26)16-7-9-18(24)10-8-16)32-22(27)17-11-13-25(14-12-17)33(29,30)20-6-4-3-5-19(20)23(28)31-2/h3-10,15,17H,11-14H2,1-2H3. The third-order valence-electron chi connectivity index (χ3n) is 5.49. The van der Waals surface area contributed by atoms with Crippen molar-refractivity contribution in [2.24, 2.45) is 5.92 Å². The Balaban J connectivity index is 1.62. The van der Waals surface area contributed by atoms with Crippen LogP contribution >= 0.6 is 0 Å². The van der Waals surface area contributed by atoms with E-state index in [9.17, 15) is 27.2 Å². The molecule has 0 saturated carbocycles. The number of benzene rings is 2. The van der Waals surface area contributed by atoms with Crippen molar-refractivity contribution < 1.29 is 36.7 Å². The van der Waals surface area contributed by atoms with Gasteiger partial charge in [-0.15, -0.1) is 0 Å². The van der Waals surface area contributed by atoms with Gasteiger partial charge in [0.05, 0.1) is 23.5 Å². The smallest absolute Gasteiger partial charge is 0.339 e. The second-order valence-corrected chi connectivity index (χ2v) is 9.52. The van der Waals surface area contributed by atoms with Crippen molar-refractivity contribution in [1.29, 1.82) is 0 Å². The Bertz CT molecular complexity index is 1140. The van der Waals surface area contributed by atoms with E-state index in [2.05, 4.69) is 4.74 Å². The number of hydrogen-bond donors (Lipinski definition) is 0. The topological polar surface area (TPSA) is 107 Å². The molecule has 10 heteroatoms. The van der Waals surface area contributed by atoms with Gasteiger partial charge < -0.3 is 9.47 Å². The first-order valence-electron chi connectivity index (χ1n) is 10.3. The molecule has 0 radical (unpaired) electrons. The Morgan fingerprint density at radius 3 is 2.24 bits per heavy atom. The quantitative estimate of drug-likeness (QED) is 0.446. The largest absolute Gasteiger partial charge is 0.465 e. The van der Waals surface area contributed by atoms with Gasteiger partial charge in [0, 0.05) is 18.7 Å². The van der Waals surface area contributed by atoms with Crippen LogP contribution in [0.3, 0.4) is 0 Å². The summed E-state index contributed by atoms with van der Waals surface area (Å²) in [5, 5.41) is 0. The van der Waals surface area contributed by atoms with Crippen LogP contribution in [0.4, 0.5) is 4.39 Å². The normalized spacial score (nSPS) is 16.1. The number of methoxy groups -OCH3 is 1. The third kappa shape index (κ3) is 5.45. The highest BCUT2D eigenvalue weighted by Crippen LogP contribution is 2.27. The monoisotopic (exact) mass is 477 g/mol. The molecule has 1 aliphatic heterocycles. The molecule has 1 unspecified atom stereocenters. The van der Waals surface area contributed by atoms with Gasteiger partial charge in [-0.3, -0.25) is 9.59 Å². The summed E-state index contributed by atoms with van der Waals surface area (Å²) in [6, 6.07) is 10.7. The molecule has 0 bridgehead atoms. The molecule has 2 aromatic carbocycles. The zero-order valence-electron chi connectivity index (χ0n) is 18.2. The minimum absolute atomic E-state index is 0.0535. The second-order valence-electron chi connectivity index (χ2n) is 7.62. The first-order valence-corrected chi connectivity index (χ1v) is 11.8. The van der Waals surface area contributed by atoms with E-state index in [1.54, 1.807) is 6.07 Å². The maximum atomic E-state index is 13.1. The summed E-state index contributed by atoms with van der Waals surface area (Å²) in [5.74, 6) is -2.86. The van der Waals surface area contributed by atoms with Crippen LogP contribution in [0, 0.1) is 11.7 Å². The van der Waals surface area contributed by atoms with Gasteiger partial charge in [-0.05, 0) is 56.2 Å². The second kappa shape index (κ2) is 10.2. The lowest BCUT2D eigenvalue weighted by Crippen LogP contribution is -2.41. The number of ketones is 1. The number of halogens is 1. The zero-order valence-corrected chi connectivity index (χ0v) is 19.0. The van der Waals surface area contributed by atoms with Crippen LogP contribution in [-0.4, -0.2) is 56.7 Å². The van der Waals surface area contributed by atoms with Crippen molar-refractivity contribution in [2.75, 3.05) is 20.2 Å². The van der Waals surface area contributed by atoms with E-state index in [1.807, 2.05) is 0 Å². The minimum Gasteiger partial charge on any atom is -0.465 e. The van der Waals surface area contributed by atoms with E-state index in [-0.39, 0.29) is 42.0 Å². The maximum Gasteiger partial charge on any atom is 0.339 e. The summed E-state index contributed by atoms with van der Waals surface area (Å²) < 4.78 is 50.4. The SMILES string of the molecule is COC(=O)c1ccccc1S(=O)(=O)N1CCC(C(=O)OC(C)C(=O)c2ccc(F)cc2)CC1. The fourth-order valence-electron chi connectivity index (χ4n) is 3.61. The van der Waals surface area contributed by atoms with E-state index in [0.29, 0.717) is 0 Å². The highest BCUT2D eigenvalue weighted by molar-refractivity contribution is 7.89. The lowest BCUT2D eigenvalue weighted by atomic mass is 9.98. The van der Waals surface area contributed by atoms with Crippen molar-refractivity contribution in [3.63, 3.8) is 0 Å². The zero-order chi connectivity index (χ0) is 24.2. The molecule has 2 aromatic rings. The maximum absolute atomic E-state index is 13.1. The number of sulfonamides is 1. The number of piperidine rings is 1. The average molecular weight is 478 g/mol. The van der Waals surface area contributed by atoms with Gasteiger partial charge in [0.25, 0.3) is 0 Å². The van der Waals surface area contributed by atoms with Crippen LogP contribution < -0.4 is 0 Å². The highest BCUT2D eigenvalue weighted by atomic mass is 32.2. The summed E-state index contributed by atoms with van der Waals surface area (Å²) in [5.41, 5.74) is 0.163. The molecular weight excluding hydrogens is 453 g/mol. The van der Waals surface area contributed by atoms with E-state index in [4.69, 9.17) is 4.74 Å². The number of carbonyl (C=O) groups is 3. The van der Waals surface area contributed by atoms with Crippen molar-refractivity contribution in [3.05, 3.63) is 65.5 Å². The Morgan fingerprint density at radius 1 is 1.03 bits per heavy atom. The Hall–Kier alpha value is -3.11. The predicted octanol–water partition coefficient (Wildman–Crippen LogP) is 2.83. The van der Waals surface area contributed by atoms with Gasteiger partial charge >= 0.3 is 11.9 Å². The van der Waals surface area contributed by atoms with Crippen molar-refractivity contribution >= 4 is 27.7 Å². The summed E-state index contributed by atoms with van der Waals surface area (Å²) in [4.78, 5) is 36.8. The summed E-state index contributed by atoms with van der Waals surface area (Å²) >= 11 is 0. The van der Waals surface area contributed by atoms with Gasteiger partial charge in [0.2, 0.25) is 15.8 Å². The van der Waals surface area contributed by atoms with Crippen LogP contribution in [-0.2, 0) is 24.3 Å². The fourth-order valence-corrected chi connectivity index (χ4v) is 5.26.